The van der Waals surface area contributed by atoms with Crippen molar-refractivity contribution in [1.82, 2.24) is 5.32 Å². The van der Waals surface area contributed by atoms with Crippen LogP contribution in [0, 0.1) is 0 Å². The molecule has 6 nitrogen and oxygen atoms in total. The number of carbonyl (C=O) groups excluding carboxylic acids is 2. The molecule has 2 unspecified atom stereocenters. The molecule has 0 saturated carbocycles. The number of hydrogen-bond donors (Lipinski definition) is 3. The van der Waals surface area contributed by atoms with Crippen LogP contribution in [0.5, 0.6) is 0 Å². The van der Waals surface area contributed by atoms with Crippen molar-refractivity contribution in [1.29, 1.82) is 0 Å². The van der Waals surface area contributed by atoms with Crippen molar-refractivity contribution >= 4 is 11.9 Å². The van der Waals surface area contributed by atoms with Gasteiger partial charge in [0.2, 0.25) is 5.91 Å². The molecule has 0 aliphatic rings. The zero-order valence-corrected chi connectivity index (χ0v) is 45.3. The third-order valence-electron chi connectivity index (χ3n) is 13.6. The van der Waals surface area contributed by atoms with Crippen LogP contribution in [0.25, 0.3) is 0 Å². The molecule has 0 aromatic carbocycles. The van der Waals surface area contributed by atoms with E-state index in [1.165, 1.54) is 205 Å². The molecule has 0 radical (unpaired) electrons. The van der Waals surface area contributed by atoms with Gasteiger partial charge in [-0.15, -0.1) is 0 Å². The topological polar surface area (TPSA) is 95.9 Å². The van der Waals surface area contributed by atoms with Gasteiger partial charge in [-0.05, 0) is 89.9 Å². The Morgan fingerprint density at radius 1 is 0.412 bits per heavy atom. The molecule has 1 amide bonds. The molecule has 0 aliphatic carbocycles. The highest BCUT2D eigenvalue weighted by atomic mass is 16.5. The van der Waals surface area contributed by atoms with Gasteiger partial charge in [-0.2, -0.15) is 0 Å². The molecule has 0 aromatic rings. The number of amides is 1. The number of nitrogens with one attached hydrogen (secondary N) is 1. The molecule has 2 atom stereocenters. The quantitative estimate of drug-likeness (QED) is 0.0244. The SMILES string of the molecule is CCCCCC/C=C\CCCCCCCC(=O)OCCCCC/C=C\C=C/CCCCCCCCC(=O)NC(CO)C(O)/C=C/CCCCCCCCCCCCCCCCCCCCCCC. The van der Waals surface area contributed by atoms with E-state index >= 15 is 0 Å². The van der Waals surface area contributed by atoms with Gasteiger partial charge in [0.1, 0.15) is 0 Å². The Hall–Kier alpha value is -2.18. The number of aliphatic hydroxyl groups excluding tert-OH is 2. The Bertz CT molecular complexity index is 1150. The number of aliphatic hydroxyl groups is 2. The standard InChI is InChI=1S/C62H115NO5/c1-3-5-7-9-11-13-15-17-18-19-20-21-22-23-24-25-27-31-34-38-42-46-50-54-60(65)59(58-64)63-61(66)55-51-47-43-39-35-32-28-26-29-33-37-41-45-49-53-57-68-62(67)56-52-48-44-40-36-30-16-14-12-10-8-6-4-2/h14,16,26,29,33,37,50,54,59-60,64-65H,3-13,15,17-25,27-28,30-32,34-36,38-49,51-53,55-58H2,1-2H3,(H,63,66)/b16-14-,29-26-,37-33-,54-50+. The first-order valence-electron chi connectivity index (χ1n) is 29.9. The predicted molar refractivity (Wildman–Crippen MR) is 296 cm³/mol. The molecule has 0 heterocycles. The van der Waals surface area contributed by atoms with Crippen molar-refractivity contribution < 1.29 is 24.5 Å². The molecule has 0 aromatic heterocycles. The first-order chi connectivity index (χ1) is 33.5. The first kappa shape index (κ1) is 65.8. The van der Waals surface area contributed by atoms with Gasteiger partial charge in [0.05, 0.1) is 25.4 Å². The summed E-state index contributed by atoms with van der Waals surface area (Å²) >= 11 is 0. The minimum absolute atomic E-state index is 0.0322. The van der Waals surface area contributed by atoms with Gasteiger partial charge >= 0.3 is 5.97 Å². The Kier molecular flexibility index (Phi) is 55.6. The normalized spacial score (nSPS) is 12.9. The second-order valence-electron chi connectivity index (χ2n) is 20.3. The lowest BCUT2D eigenvalue weighted by atomic mass is 10.0. The number of hydrogen-bond acceptors (Lipinski definition) is 5. The third-order valence-corrected chi connectivity index (χ3v) is 13.6. The highest BCUT2D eigenvalue weighted by Gasteiger charge is 2.18. The fourth-order valence-electron chi connectivity index (χ4n) is 8.97. The van der Waals surface area contributed by atoms with Crippen LogP contribution in [-0.4, -0.2) is 47.4 Å². The average molecular weight is 955 g/mol. The third kappa shape index (κ3) is 53.2. The summed E-state index contributed by atoms with van der Waals surface area (Å²) in [6.45, 7) is 4.84. The van der Waals surface area contributed by atoms with Crippen molar-refractivity contribution in [3.63, 3.8) is 0 Å². The van der Waals surface area contributed by atoms with Gasteiger partial charge in [0.25, 0.3) is 0 Å². The zero-order chi connectivity index (χ0) is 49.3. The second kappa shape index (κ2) is 57.4. The van der Waals surface area contributed by atoms with Gasteiger partial charge in [0.15, 0.2) is 0 Å². The van der Waals surface area contributed by atoms with E-state index < -0.39 is 12.1 Å². The maximum absolute atomic E-state index is 12.5. The van der Waals surface area contributed by atoms with E-state index in [1.54, 1.807) is 6.08 Å². The van der Waals surface area contributed by atoms with E-state index in [9.17, 15) is 19.8 Å². The van der Waals surface area contributed by atoms with Gasteiger partial charge in [-0.3, -0.25) is 9.59 Å². The van der Waals surface area contributed by atoms with Crippen molar-refractivity contribution in [2.24, 2.45) is 0 Å². The zero-order valence-electron chi connectivity index (χ0n) is 45.3. The number of rotatable bonds is 55. The van der Waals surface area contributed by atoms with E-state index in [1.807, 2.05) is 6.08 Å². The van der Waals surface area contributed by atoms with Crippen LogP contribution in [0.2, 0.25) is 0 Å². The summed E-state index contributed by atoms with van der Waals surface area (Å²) in [7, 11) is 0. The average Bonchev–Trinajstić information content (AvgIpc) is 3.34. The Balaban J connectivity index is 3.55. The summed E-state index contributed by atoms with van der Waals surface area (Å²) in [4.78, 5) is 24.5. The van der Waals surface area contributed by atoms with Crippen molar-refractivity contribution in [2.45, 2.75) is 321 Å². The fraction of sp³-hybridized carbons (Fsp3) is 0.839. The smallest absolute Gasteiger partial charge is 0.305 e. The highest BCUT2D eigenvalue weighted by Crippen LogP contribution is 2.17. The molecule has 68 heavy (non-hydrogen) atoms. The minimum Gasteiger partial charge on any atom is -0.466 e. The maximum atomic E-state index is 12.5. The molecular formula is C62H115NO5. The Morgan fingerprint density at radius 2 is 0.735 bits per heavy atom. The van der Waals surface area contributed by atoms with E-state index in [0.29, 0.717) is 19.4 Å². The van der Waals surface area contributed by atoms with Crippen molar-refractivity contribution in [2.75, 3.05) is 13.2 Å². The number of esters is 1. The maximum Gasteiger partial charge on any atom is 0.305 e. The van der Waals surface area contributed by atoms with Gasteiger partial charge in [0, 0.05) is 12.8 Å². The molecule has 0 aliphatic heterocycles. The molecule has 0 saturated heterocycles. The summed E-state index contributed by atoms with van der Waals surface area (Å²) in [6.07, 6.45) is 72.8. The lowest BCUT2D eigenvalue weighted by molar-refractivity contribution is -0.143. The minimum atomic E-state index is -0.861. The molecule has 398 valence electrons. The van der Waals surface area contributed by atoms with Gasteiger partial charge in [-0.25, -0.2) is 0 Å². The van der Waals surface area contributed by atoms with Crippen molar-refractivity contribution in [3.8, 4) is 0 Å². The van der Waals surface area contributed by atoms with Crippen LogP contribution in [0.15, 0.2) is 48.6 Å². The lowest BCUT2D eigenvalue weighted by Crippen LogP contribution is -2.45. The van der Waals surface area contributed by atoms with Crippen LogP contribution in [0.4, 0.5) is 0 Å². The number of carbonyl (C=O) groups is 2. The van der Waals surface area contributed by atoms with Crippen LogP contribution in [0.3, 0.4) is 0 Å². The summed E-state index contributed by atoms with van der Waals surface area (Å²) in [6, 6.07) is -0.647. The fourth-order valence-corrected chi connectivity index (χ4v) is 8.97. The van der Waals surface area contributed by atoms with Crippen LogP contribution in [0.1, 0.15) is 309 Å². The first-order valence-corrected chi connectivity index (χ1v) is 29.9. The molecule has 6 heteroatoms. The molecular weight excluding hydrogens is 839 g/mol. The largest absolute Gasteiger partial charge is 0.466 e. The molecule has 0 rings (SSSR count). The van der Waals surface area contributed by atoms with Gasteiger partial charge < -0.3 is 20.3 Å². The van der Waals surface area contributed by atoms with Crippen LogP contribution < -0.4 is 5.32 Å². The van der Waals surface area contributed by atoms with Gasteiger partial charge in [-0.1, -0.05) is 255 Å². The Morgan fingerprint density at radius 3 is 1.15 bits per heavy atom. The van der Waals surface area contributed by atoms with Crippen LogP contribution in [-0.2, 0) is 14.3 Å². The Labute approximate surface area is 423 Å². The second-order valence-corrected chi connectivity index (χ2v) is 20.3. The molecule has 0 fully saturated rings. The monoisotopic (exact) mass is 954 g/mol. The number of unbranched alkanes of at least 4 members (excludes halogenated alkanes) is 39. The van der Waals surface area contributed by atoms with Crippen LogP contribution >= 0.6 is 0 Å². The summed E-state index contributed by atoms with van der Waals surface area (Å²) in [5.41, 5.74) is 0. The van der Waals surface area contributed by atoms with E-state index in [0.717, 1.165) is 77.0 Å². The predicted octanol–water partition coefficient (Wildman–Crippen LogP) is 18.6. The molecule has 3 N–H and O–H groups in total. The summed E-state index contributed by atoms with van der Waals surface area (Å²) in [5, 5.41) is 23.2. The van der Waals surface area contributed by atoms with E-state index in [4.69, 9.17) is 4.74 Å². The summed E-state index contributed by atoms with van der Waals surface area (Å²) in [5.74, 6) is -0.121. The molecule has 0 bridgehead atoms. The van der Waals surface area contributed by atoms with E-state index in [-0.39, 0.29) is 18.5 Å². The molecule has 0 spiro atoms. The highest BCUT2D eigenvalue weighted by molar-refractivity contribution is 5.76. The number of ether oxygens (including phenoxy) is 1. The lowest BCUT2D eigenvalue weighted by Gasteiger charge is -2.20. The van der Waals surface area contributed by atoms with E-state index in [2.05, 4.69) is 55.6 Å². The number of allylic oxidation sites excluding steroid dienone is 7. The van der Waals surface area contributed by atoms with Crippen molar-refractivity contribution in [3.05, 3.63) is 48.6 Å². The summed E-state index contributed by atoms with van der Waals surface area (Å²) < 4.78 is 5.43.